The first-order chi connectivity index (χ1) is 8.70. The van der Waals surface area contributed by atoms with Crippen molar-refractivity contribution in [3.63, 3.8) is 0 Å². The van der Waals surface area contributed by atoms with Crippen LogP contribution in [0.25, 0.3) is 0 Å². The summed E-state index contributed by atoms with van der Waals surface area (Å²) in [5.74, 6) is -0.394. The molecular weight excluding hydrogens is 230 g/mol. The van der Waals surface area contributed by atoms with E-state index in [1.54, 1.807) is 12.1 Å². The van der Waals surface area contributed by atoms with Gasteiger partial charge in [-0.15, -0.1) is 0 Å². The largest absolute Gasteiger partial charge is 0.395 e. The first kappa shape index (κ1) is 12.9. The van der Waals surface area contributed by atoms with E-state index in [0.29, 0.717) is 5.56 Å². The van der Waals surface area contributed by atoms with Crippen LogP contribution in [-0.2, 0) is 0 Å². The number of primary amides is 1. The summed E-state index contributed by atoms with van der Waals surface area (Å²) in [5, 5.41) is 8.88. The van der Waals surface area contributed by atoms with E-state index in [4.69, 9.17) is 10.8 Å². The lowest BCUT2D eigenvalue weighted by Crippen LogP contribution is -2.47. The third-order valence-electron chi connectivity index (χ3n) is 3.31. The van der Waals surface area contributed by atoms with Crippen LogP contribution in [-0.4, -0.2) is 55.2 Å². The maximum absolute atomic E-state index is 11.0. The van der Waals surface area contributed by atoms with Gasteiger partial charge in [-0.2, -0.15) is 0 Å². The number of piperazine rings is 1. The lowest BCUT2D eigenvalue weighted by Gasteiger charge is -2.35. The molecule has 1 aromatic rings. The molecule has 18 heavy (non-hydrogen) atoms. The molecule has 0 spiro atoms. The predicted octanol–water partition coefficient (Wildman–Crippen LogP) is -0.100. The number of rotatable bonds is 4. The minimum absolute atomic E-state index is 0.216. The van der Waals surface area contributed by atoms with E-state index in [1.165, 1.54) is 0 Å². The molecule has 5 heteroatoms. The molecule has 0 bridgehead atoms. The zero-order valence-electron chi connectivity index (χ0n) is 10.4. The highest BCUT2D eigenvalue weighted by Gasteiger charge is 2.16. The number of carbonyl (C=O) groups excluding carboxylic acids is 1. The number of nitrogens with zero attached hydrogens (tertiary/aromatic N) is 2. The normalized spacial score (nSPS) is 16.8. The smallest absolute Gasteiger partial charge is 0.248 e. The van der Waals surface area contributed by atoms with E-state index < -0.39 is 5.91 Å². The Labute approximate surface area is 107 Å². The molecule has 1 saturated heterocycles. The van der Waals surface area contributed by atoms with Gasteiger partial charge in [-0.3, -0.25) is 9.69 Å². The van der Waals surface area contributed by atoms with Crippen LogP contribution in [0.15, 0.2) is 24.3 Å². The van der Waals surface area contributed by atoms with Gasteiger partial charge < -0.3 is 15.7 Å². The molecule has 1 aromatic carbocycles. The third kappa shape index (κ3) is 3.00. The van der Waals surface area contributed by atoms with Crippen molar-refractivity contribution in [2.45, 2.75) is 0 Å². The first-order valence-electron chi connectivity index (χ1n) is 6.19. The van der Waals surface area contributed by atoms with Gasteiger partial charge in [0.2, 0.25) is 5.91 Å². The fraction of sp³-hybridized carbons (Fsp3) is 0.462. The molecule has 1 aliphatic heterocycles. The lowest BCUT2D eigenvalue weighted by atomic mass is 10.1. The Hall–Kier alpha value is -1.59. The average Bonchev–Trinajstić information content (AvgIpc) is 2.40. The lowest BCUT2D eigenvalue weighted by molar-refractivity contribution is 0.100. The van der Waals surface area contributed by atoms with Crippen LogP contribution in [0.1, 0.15) is 10.4 Å². The molecule has 2 rings (SSSR count). The second kappa shape index (κ2) is 5.84. The molecule has 0 aromatic heterocycles. The maximum atomic E-state index is 11.0. The molecule has 1 fully saturated rings. The molecule has 0 unspecified atom stereocenters. The van der Waals surface area contributed by atoms with E-state index in [-0.39, 0.29) is 6.61 Å². The molecule has 0 saturated carbocycles. The van der Waals surface area contributed by atoms with Gasteiger partial charge in [-0.25, -0.2) is 0 Å². The van der Waals surface area contributed by atoms with Crippen LogP contribution in [0.4, 0.5) is 5.69 Å². The molecule has 3 N–H and O–H groups in total. The van der Waals surface area contributed by atoms with E-state index >= 15 is 0 Å². The summed E-state index contributed by atoms with van der Waals surface area (Å²) in [5.41, 5.74) is 6.86. The summed E-state index contributed by atoms with van der Waals surface area (Å²) in [6.07, 6.45) is 0. The molecule has 1 heterocycles. The molecule has 0 aliphatic carbocycles. The van der Waals surface area contributed by atoms with E-state index in [2.05, 4.69) is 9.80 Å². The number of amides is 1. The molecule has 0 atom stereocenters. The van der Waals surface area contributed by atoms with Crippen LogP contribution in [0.5, 0.6) is 0 Å². The van der Waals surface area contributed by atoms with Crippen molar-refractivity contribution in [2.75, 3.05) is 44.2 Å². The number of anilines is 1. The summed E-state index contributed by atoms with van der Waals surface area (Å²) in [6, 6.07) is 7.39. The Morgan fingerprint density at radius 2 is 1.78 bits per heavy atom. The topological polar surface area (TPSA) is 69.8 Å². The Morgan fingerprint density at radius 3 is 2.28 bits per heavy atom. The minimum Gasteiger partial charge on any atom is -0.395 e. The number of carbonyl (C=O) groups is 1. The van der Waals surface area contributed by atoms with Crippen molar-refractivity contribution in [3.05, 3.63) is 29.8 Å². The second-order valence-electron chi connectivity index (χ2n) is 4.46. The molecule has 98 valence electrons. The van der Waals surface area contributed by atoms with Gasteiger partial charge in [-0.05, 0) is 24.3 Å². The fourth-order valence-corrected chi connectivity index (χ4v) is 2.21. The molecule has 1 aliphatic rings. The van der Waals surface area contributed by atoms with Gasteiger partial charge in [0, 0.05) is 44.0 Å². The highest BCUT2D eigenvalue weighted by Crippen LogP contribution is 2.17. The zero-order valence-corrected chi connectivity index (χ0v) is 10.4. The van der Waals surface area contributed by atoms with Crippen molar-refractivity contribution in [3.8, 4) is 0 Å². The van der Waals surface area contributed by atoms with Crippen molar-refractivity contribution in [1.29, 1.82) is 0 Å². The van der Waals surface area contributed by atoms with Crippen LogP contribution in [0.2, 0.25) is 0 Å². The minimum atomic E-state index is -0.394. The van der Waals surface area contributed by atoms with Crippen LogP contribution in [0, 0.1) is 0 Å². The van der Waals surface area contributed by atoms with E-state index in [1.807, 2.05) is 12.1 Å². The summed E-state index contributed by atoms with van der Waals surface area (Å²) in [7, 11) is 0. The zero-order chi connectivity index (χ0) is 13.0. The van der Waals surface area contributed by atoms with Gasteiger partial charge in [0.25, 0.3) is 0 Å². The summed E-state index contributed by atoms with van der Waals surface area (Å²) >= 11 is 0. The molecule has 0 radical (unpaired) electrons. The quantitative estimate of drug-likeness (QED) is 0.782. The Bertz CT molecular complexity index is 397. The van der Waals surface area contributed by atoms with Crippen molar-refractivity contribution in [2.24, 2.45) is 5.73 Å². The van der Waals surface area contributed by atoms with Crippen molar-refractivity contribution in [1.82, 2.24) is 4.90 Å². The standard InChI is InChI=1S/C13H19N3O2/c14-13(18)11-1-3-12(4-2-11)16-7-5-15(6-8-16)9-10-17/h1-4,17H,5-10H2,(H2,14,18). The number of aliphatic hydroxyl groups excluding tert-OH is 1. The SMILES string of the molecule is NC(=O)c1ccc(N2CCN(CCO)CC2)cc1. The number of nitrogens with two attached hydrogens (primary N) is 1. The van der Waals surface area contributed by atoms with Crippen LogP contribution < -0.4 is 10.6 Å². The summed E-state index contributed by atoms with van der Waals surface area (Å²) < 4.78 is 0. The highest BCUT2D eigenvalue weighted by atomic mass is 16.3. The number of aliphatic hydroxyl groups is 1. The summed E-state index contributed by atoms with van der Waals surface area (Å²) in [4.78, 5) is 15.5. The van der Waals surface area contributed by atoms with Gasteiger partial charge >= 0.3 is 0 Å². The molecule has 5 nitrogen and oxygen atoms in total. The summed E-state index contributed by atoms with van der Waals surface area (Å²) in [6.45, 7) is 4.75. The predicted molar refractivity (Wildman–Crippen MR) is 70.7 cm³/mol. The average molecular weight is 249 g/mol. The monoisotopic (exact) mass is 249 g/mol. The molecule has 1 amide bonds. The van der Waals surface area contributed by atoms with Crippen LogP contribution in [0.3, 0.4) is 0 Å². The fourth-order valence-electron chi connectivity index (χ4n) is 2.21. The number of hydrogen-bond donors (Lipinski definition) is 2. The number of benzene rings is 1. The van der Waals surface area contributed by atoms with Crippen LogP contribution >= 0.6 is 0 Å². The van der Waals surface area contributed by atoms with E-state index in [0.717, 1.165) is 38.4 Å². The first-order valence-corrected chi connectivity index (χ1v) is 6.19. The van der Waals surface area contributed by atoms with Gasteiger partial charge in [0.15, 0.2) is 0 Å². The van der Waals surface area contributed by atoms with E-state index in [9.17, 15) is 4.79 Å². The highest BCUT2D eigenvalue weighted by molar-refractivity contribution is 5.93. The van der Waals surface area contributed by atoms with Crippen molar-refractivity contribution >= 4 is 11.6 Å². The van der Waals surface area contributed by atoms with Gasteiger partial charge in [0.1, 0.15) is 0 Å². The maximum Gasteiger partial charge on any atom is 0.248 e. The number of β-amino-alcohol motifs (C(OH)–C–C–N with tert-alkyl or cyclic N) is 1. The van der Waals surface area contributed by atoms with Gasteiger partial charge in [0.05, 0.1) is 6.61 Å². The van der Waals surface area contributed by atoms with Gasteiger partial charge in [-0.1, -0.05) is 0 Å². The third-order valence-corrected chi connectivity index (χ3v) is 3.31. The second-order valence-corrected chi connectivity index (χ2v) is 4.46. The number of hydrogen-bond acceptors (Lipinski definition) is 4. The Morgan fingerprint density at radius 1 is 1.17 bits per heavy atom. The Balaban J connectivity index is 1.95. The molecular formula is C13H19N3O2. The Kier molecular flexibility index (Phi) is 4.17. The van der Waals surface area contributed by atoms with Crippen molar-refractivity contribution < 1.29 is 9.90 Å².